The first-order valence-corrected chi connectivity index (χ1v) is 14.3. The standard InChI is InChI=1S/C33H33F7O/c1-2-19-16-28(34)27(29(35)17-19)14-4-20-3-13-26-24(15-20)18-30(36)31(32(26)37)23-7-5-21(6-8-23)22-9-11-25(12-10-22)41-33(38,39)40/h9-12,16-18,20-21,23H,2-8,13-15H2,1H3. The van der Waals surface area contributed by atoms with Gasteiger partial charge in [0.2, 0.25) is 0 Å². The molecule has 41 heavy (non-hydrogen) atoms. The lowest BCUT2D eigenvalue weighted by atomic mass is 9.74. The van der Waals surface area contributed by atoms with E-state index in [0.717, 1.165) is 5.56 Å². The maximum atomic E-state index is 15.7. The van der Waals surface area contributed by atoms with Crippen molar-refractivity contribution in [3.63, 3.8) is 0 Å². The molecule has 0 saturated heterocycles. The molecular formula is C33H33F7O. The van der Waals surface area contributed by atoms with Crippen LogP contribution in [-0.4, -0.2) is 6.36 Å². The van der Waals surface area contributed by atoms with Crippen LogP contribution < -0.4 is 4.74 Å². The molecule has 1 fully saturated rings. The van der Waals surface area contributed by atoms with E-state index in [2.05, 4.69) is 4.74 Å². The van der Waals surface area contributed by atoms with E-state index in [1.54, 1.807) is 12.1 Å². The maximum Gasteiger partial charge on any atom is 0.573 e. The normalized spacial score (nSPS) is 21.0. The van der Waals surface area contributed by atoms with Crippen molar-refractivity contribution >= 4 is 0 Å². The quantitative estimate of drug-likeness (QED) is 0.254. The number of hydrogen-bond acceptors (Lipinski definition) is 1. The van der Waals surface area contributed by atoms with Gasteiger partial charge in [0.25, 0.3) is 0 Å². The van der Waals surface area contributed by atoms with Crippen LogP contribution >= 0.6 is 0 Å². The highest BCUT2D eigenvalue weighted by Crippen LogP contribution is 2.44. The SMILES string of the molecule is CCc1cc(F)c(CCC2CCc3c(cc(F)c(C4CCC(c5ccc(OC(F)(F)F)cc5)CC4)c3F)C2)c(F)c1. The Balaban J connectivity index is 1.21. The van der Waals surface area contributed by atoms with E-state index in [-0.39, 0.29) is 41.1 Å². The Labute approximate surface area is 235 Å². The van der Waals surface area contributed by atoms with Crippen LogP contribution in [0.15, 0.2) is 42.5 Å². The number of halogens is 7. The van der Waals surface area contributed by atoms with Gasteiger partial charge in [-0.3, -0.25) is 0 Å². The molecule has 0 aliphatic heterocycles. The van der Waals surface area contributed by atoms with Gasteiger partial charge in [0.1, 0.15) is 29.0 Å². The summed E-state index contributed by atoms with van der Waals surface area (Å²) in [4.78, 5) is 0. The van der Waals surface area contributed by atoms with E-state index < -0.39 is 29.6 Å². The molecule has 3 aromatic rings. The molecule has 0 amide bonds. The molecule has 1 nitrogen and oxygen atoms in total. The second-order valence-electron chi connectivity index (χ2n) is 11.4. The van der Waals surface area contributed by atoms with Gasteiger partial charge in [0.15, 0.2) is 0 Å². The van der Waals surface area contributed by atoms with Gasteiger partial charge in [-0.15, -0.1) is 13.2 Å². The second kappa shape index (κ2) is 12.1. The highest BCUT2D eigenvalue weighted by atomic mass is 19.4. The lowest BCUT2D eigenvalue weighted by molar-refractivity contribution is -0.274. The number of hydrogen-bond donors (Lipinski definition) is 0. The van der Waals surface area contributed by atoms with Gasteiger partial charge in [-0.25, -0.2) is 17.6 Å². The third-order valence-electron chi connectivity index (χ3n) is 8.89. The summed E-state index contributed by atoms with van der Waals surface area (Å²) in [5.74, 6) is -2.46. The molecule has 0 radical (unpaired) electrons. The Hall–Kier alpha value is -3.03. The molecule has 1 saturated carbocycles. The first-order valence-electron chi connectivity index (χ1n) is 14.3. The molecule has 0 bridgehead atoms. The summed E-state index contributed by atoms with van der Waals surface area (Å²) in [6.45, 7) is 1.84. The van der Waals surface area contributed by atoms with Crippen LogP contribution in [0.3, 0.4) is 0 Å². The molecular weight excluding hydrogens is 545 g/mol. The Morgan fingerprint density at radius 1 is 0.805 bits per heavy atom. The van der Waals surface area contributed by atoms with E-state index >= 15 is 8.78 Å². The van der Waals surface area contributed by atoms with Gasteiger partial charge in [0, 0.05) is 11.1 Å². The summed E-state index contributed by atoms with van der Waals surface area (Å²) in [5.41, 5.74) is 2.88. The van der Waals surface area contributed by atoms with Crippen LogP contribution in [0, 0.1) is 29.2 Å². The third-order valence-corrected chi connectivity index (χ3v) is 8.89. The molecule has 1 unspecified atom stereocenters. The smallest absolute Gasteiger partial charge is 0.406 e. The fourth-order valence-electron chi connectivity index (χ4n) is 6.66. The Bertz CT molecular complexity index is 1350. The molecule has 0 spiro atoms. The Kier molecular flexibility index (Phi) is 8.67. The number of fused-ring (bicyclic) bond motifs is 1. The average molecular weight is 579 g/mol. The summed E-state index contributed by atoms with van der Waals surface area (Å²) in [5, 5.41) is 0. The fraction of sp³-hybridized carbons (Fsp3) is 0.455. The zero-order valence-corrected chi connectivity index (χ0v) is 22.9. The Morgan fingerprint density at radius 2 is 1.44 bits per heavy atom. The summed E-state index contributed by atoms with van der Waals surface area (Å²) in [6.07, 6.45) is 0.693. The van der Waals surface area contributed by atoms with Gasteiger partial charge in [-0.2, -0.15) is 0 Å². The molecule has 0 heterocycles. The maximum absolute atomic E-state index is 15.7. The molecule has 8 heteroatoms. The van der Waals surface area contributed by atoms with Gasteiger partial charge < -0.3 is 4.74 Å². The van der Waals surface area contributed by atoms with Crippen LogP contribution in [0.25, 0.3) is 0 Å². The van der Waals surface area contributed by atoms with Crippen molar-refractivity contribution in [2.75, 3.05) is 0 Å². The van der Waals surface area contributed by atoms with Crippen molar-refractivity contribution in [1.82, 2.24) is 0 Å². The number of ether oxygens (including phenoxy) is 1. The minimum absolute atomic E-state index is 0.0712. The van der Waals surface area contributed by atoms with Gasteiger partial charge in [-0.1, -0.05) is 19.1 Å². The minimum Gasteiger partial charge on any atom is -0.406 e. The molecule has 3 aromatic carbocycles. The Morgan fingerprint density at radius 3 is 2.05 bits per heavy atom. The summed E-state index contributed by atoms with van der Waals surface area (Å²) >= 11 is 0. The molecule has 0 aromatic heterocycles. The number of aryl methyl sites for hydroxylation is 1. The second-order valence-corrected chi connectivity index (χ2v) is 11.4. The van der Waals surface area contributed by atoms with E-state index in [1.807, 2.05) is 6.92 Å². The van der Waals surface area contributed by atoms with Crippen molar-refractivity contribution in [3.8, 4) is 5.75 Å². The molecule has 2 aliphatic rings. The minimum atomic E-state index is -4.75. The predicted molar refractivity (Wildman–Crippen MR) is 143 cm³/mol. The molecule has 220 valence electrons. The van der Waals surface area contributed by atoms with Crippen LogP contribution in [0.1, 0.15) is 90.7 Å². The van der Waals surface area contributed by atoms with E-state index in [9.17, 15) is 22.0 Å². The van der Waals surface area contributed by atoms with E-state index in [1.165, 1.54) is 30.3 Å². The third kappa shape index (κ3) is 6.73. The highest BCUT2D eigenvalue weighted by molar-refractivity contribution is 5.39. The predicted octanol–water partition coefficient (Wildman–Crippen LogP) is 9.88. The summed E-state index contributed by atoms with van der Waals surface area (Å²) in [7, 11) is 0. The van der Waals surface area contributed by atoms with Gasteiger partial charge >= 0.3 is 6.36 Å². The number of alkyl halides is 3. The zero-order valence-electron chi connectivity index (χ0n) is 22.9. The van der Waals surface area contributed by atoms with Crippen molar-refractivity contribution in [3.05, 3.63) is 99.1 Å². The van der Waals surface area contributed by atoms with E-state index in [4.69, 9.17) is 0 Å². The van der Waals surface area contributed by atoms with Gasteiger partial charge in [0.05, 0.1) is 0 Å². The van der Waals surface area contributed by atoms with Crippen LogP contribution in [-0.2, 0) is 25.7 Å². The average Bonchev–Trinajstić information content (AvgIpc) is 2.92. The van der Waals surface area contributed by atoms with Crippen molar-refractivity contribution in [2.45, 2.75) is 89.3 Å². The van der Waals surface area contributed by atoms with Crippen LogP contribution in [0.5, 0.6) is 5.75 Å². The molecule has 5 rings (SSSR count). The largest absolute Gasteiger partial charge is 0.573 e. The molecule has 0 N–H and O–H groups in total. The zero-order chi connectivity index (χ0) is 29.3. The van der Waals surface area contributed by atoms with Crippen LogP contribution in [0.4, 0.5) is 30.7 Å². The first-order chi connectivity index (χ1) is 19.5. The number of benzene rings is 3. The van der Waals surface area contributed by atoms with Gasteiger partial charge in [-0.05, 0) is 135 Å². The van der Waals surface area contributed by atoms with E-state index in [0.29, 0.717) is 74.5 Å². The summed E-state index contributed by atoms with van der Waals surface area (Å²) in [6, 6.07) is 10.0. The number of rotatable bonds is 7. The lowest BCUT2D eigenvalue weighted by Gasteiger charge is -2.32. The van der Waals surface area contributed by atoms with Crippen molar-refractivity contribution in [1.29, 1.82) is 0 Å². The first kappa shape index (κ1) is 29.5. The van der Waals surface area contributed by atoms with Crippen LogP contribution in [0.2, 0.25) is 0 Å². The molecule has 2 aliphatic carbocycles. The highest BCUT2D eigenvalue weighted by Gasteiger charge is 2.33. The van der Waals surface area contributed by atoms with Crippen molar-refractivity contribution < 1.29 is 35.5 Å². The fourth-order valence-corrected chi connectivity index (χ4v) is 6.66. The lowest BCUT2D eigenvalue weighted by Crippen LogP contribution is -2.21. The van der Waals surface area contributed by atoms with Crippen molar-refractivity contribution in [2.24, 2.45) is 5.92 Å². The monoisotopic (exact) mass is 578 g/mol. The molecule has 1 atom stereocenters. The topological polar surface area (TPSA) is 9.23 Å². The summed E-state index contributed by atoms with van der Waals surface area (Å²) < 4.78 is 101.